The minimum absolute atomic E-state index is 0.131. The lowest BCUT2D eigenvalue weighted by molar-refractivity contribution is 0.547. The van der Waals surface area contributed by atoms with Gasteiger partial charge in [0, 0.05) is 11.1 Å². The summed E-state index contributed by atoms with van der Waals surface area (Å²) >= 11 is 6.98. The van der Waals surface area contributed by atoms with Gasteiger partial charge in [-0.15, -0.1) is 0 Å². The predicted molar refractivity (Wildman–Crippen MR) is 131 cm³/mol. The number of halogens is 1. The molecule has 5 nitrogen and oxygen atoms in total. The van der Waals surface area contributed by atoms with Crippen LogP contribution in [0.3, 0.4) is 0 Å². The molecule has 1 aromatic heterocycles. The Balaban J connectivity index is 1.51. The van der Waals surface area contributed by atoms with Crippen LogP contribution in [0.5, 0.6) is 0 Å². The average molecular weight is 487 g/mol. The molecule has 0 aliphatic rings. The Kier molecular flexibility index (Phi) is 6.81. The first-order valence-corrected chi connectivity index (χ1v) is 12.9. The number of benzene rings is 3. The van der Waals surface area contributed by atoms with Crippen LogP contribution in [-0.2, 0) is 23.0 Å². The van der Waals surface area contributed by atoms with Crippen molar-refractivity contribution in [2.24, 2.45) is 0 Å². The molecule has 0 unspecified atom stereocenters. The van der Waals surface area contributed by atoms with E-state index in [9.17, 15) is 13.2 Å². The molecule has 166 valence electrons. The normalized spacial score (nSPS) is 12.8. The molecule has 3 aromatic carbocycles. The lowest BCUT2D eigenvalue weighted by Crippen LogP contribution is -2.32. The van der Waals surface area contributed by atoms with Gasteiger partial charge >= 0.3 is 4.87 Å². The average Bonchev–Trinajstić information content (AvgIpc) is 3.08. The van der Waals surface area contributed by atoms with Crippen LogP contribution in [0.2, 0.25) is 5.02 Å². The number of hydrogen-bond acceptors (Lipinski definition) is 4. The van der Waals surface area contributed by atoms with Gasteiger partial charge in [0.1, 0.15) is 0 Å². The lowest BCUT2D eigenvalue weighted by Gasteiger charge is -2.14. The largest absolute Gasteiger partial charge is 0.308 e. The fourth-order valence-corrected chi connectivity index (χ4v) is 5.99. The van der Waals surface area contributed by atoms with E-state index in [2.05, 4.69) is 4.72 Å². The molecule has 32 heavy (non-hydrogen) atoms. The van der Waals surface area contributed by atoms with Crippen molar-refractivity contribution in [2.45, 2.75) is 37.2 Å². The van der Waals surface area contributed by atoms with E-state index in [0.29, 0.717) is 28.2 Å². The molecule has 4 rings (SSSR count). The van der Waals surface area contributed by atoms with E-state index < -0.39 is 10.0 Å². The first kappa shape index (κ1) is 22.7. The van der Waals surface area contributed by atoms with Gasteiger partial charge in [0.2, 0.25) is 10.0 Å². The molecule has 1 atom stereocenters. The Bertz CT molecular complexity index is 1380. The van der Waals surface area contributed by atoms with Crippen LogP contribution in [0.4, 0.5) is 0 Å². The fraction of sp³-hybridized carbons (Fsp3) is 0.208. The Morgan fingerprint density at radius 3 is 2.44 bits per heavy atom. The zero-order valence-electron chi connectivity index (χ0n) is 17.5. The van der Waals surface area contributed by atoms with Gasteiger partial charge in [-0.25, -0.2) is 13.1 Å². The van der Waals surface area contributed by atoms with Crippen LogP contribution < -0.4 is 9.60 Å². The molecule has 0 bridgehead atoms. The number of sulfonamides is 1. The van der Waals surface area contributed by atoms with E-state index in [4.69, 9.17) is 11.6 Å². The molecule has 0 radical (unpaired) electrons. The van der Waals surface area contributed by atoms with Crippen molar-refractivity contribution in [3.8, 4) is 0 Å². The quantitative estimate of drug-likeness (QED) is 0.378. The minimum atomic E-state index is -3.69. The summed E-state index contributed by atoms with van der Waals surface area (Å²) in [5.41, 5.74) is 2.83. The van der Waals surface area contributed by atoms with Gasteiger partial charge in [0.05, 0.1) is 21.7 Å². The molecule has 0 saturated carbocycles. The Labute approximate surface area is 196 Å². The zero-order chi connectivity index (χ0) is 22.7. The number of fused-ring (bicyclic) bond motifs is 1. The lowest BCUT2D eigenvalue weighted by atomic mass is 10.1. The van der Waals surface area contributed by atoms with Crippen molar-refractivity contribution in [3.63, 3.8) is 0 Å². The van der Waals surface area contributed by atoms with Crippen molar-refractivity contribution in [1.29, 1.82) is 0 Å². The number of rotatable bonds is 8. The highest BCUT2D eigenvalue weighted by atomic mass is 35.5. The van der Waals surface area contributed by atoms with Crippen LogP contribution in [-0.4, -0.2) is 19.0 Å². The van der Waals surface area contributed by atoms with Gasteiger partial charge in [-0.3, -0.25) is 9.36 Å². The van der Waals surface area contributed by atoms with E-state index in [1.54, 1.807) is 34.9 Å². The van der Waals surface area contributed by atoms with E-state index in [-0.39, 0.29) is 15.8 Å². The molecule has 0 spiro atoms. The molecule has 1 N–H and O–H groups in total. The summed E-state index contributed by atoms with van der Waals surface area (Å²) in [7, 11) is -3.69. The third kappa shape index (κ3) is 5.30. The highest BCUT2D eigenvalue weighted by Crippen LogP contribution is 2.23. The molecule has 8 heteroatoms. The van der Waals surface area contributed by atoms with E-state index >= 15 is 0 Å². The van der Waals surface area contributed by atoms with E-state index in [0.717, 1.165) is 23.3 Å². The SMILES string of the molecule is C[C@H](CCc1ccccc1)NS(=O)(=O)c1ccc2c(c1)sc(=O)n2Cc1ccc(Cl)cc1. The summed E-state index contributed by atoms with van der Waals surface area (Å²) in [6, 6.07) is 21.9. The number of hydrogen-bond donors (Lipinski definition) is 1. The first-order chi connectivity index (χ1) is 15.3. The summed E-state index contributed by atoms with van der Waals surface area (Å²) < 4.78 is 30.9. The van der Waals surface area contributed by atoms with Gasteiger partial charge in [-0.1, -0.05) is 65.4 Å². The van der Waals surface area contributed by atoms with Crippen molar-refractivity contribution in [1.82, 2.24) is 9.29 Å². The van der Waals surface area contributed by atoms with E-state index in [1.807, 2.05) is 49.4 Å². The molecule has 0 amide bonds. The third-order valence-corrected chi connectivity index (χ3v) is 8.05. The second-order valence-corrected chi connectivity index (χ2v) is 10.9. The summed E-state index contributed by atoms with van der Waals surface area (Å²) in [5, 5.41) is 0.636. The van der Waals surface area contributed by atoms with Gasteiger partial charge in [0.15, 0.2) is 0 Å². The van der Waals surface area contributed by atoms with Crippen LogP contribution in [0.25, 0.3) is 10.2 Å². The van der Waals surface area contributed by atoms with Crippen molar-refractivity contribution >= 4 is 43.2 Å². The highest BCUT2D eigenvalue weighted by Gasteiger charge is 2.19. The molecule has 0 saturated heterocycles. The molecule has 0 aliphatic carbocycles. The summed E-state index contributed by atoms with van der Waals surface area (Å²) in [5.74, 6) is 0. The maximum atomic E-state index is 12.9. The molecule has 4 aromatic rings. The summed E-state index contributed by atoms with van der Waals surface area (Å²) in [6.07, 6.45) is 1.48. The second kappa shape index (κ2) is 9.58. The smallest absolute Gasteiger partial charge is 0.294 e. The molecule has 1 heterocycles. The third-order valence-electron chi connectivity index (χ3n) is 5.27. The minimum Gasteiger partial charge on any atom is -0.294 e. The number of nitrogens with zero attached hydrogens (tertiary/aromatic N) is 1. The maximum absolute atomic E-state index is 12.9. The van der Waals surface area contributed by atoms with E-state index in [1.165, 1.54) is 5.56 Å². The molecular weight excluding hydrogens is 464 g/mol. The molecular formula is C24H23ClN2O3S2. The second-order valence-electron chi connectivity index (χ2n) is 7.76. The topological polar surface area (TPSA) is 68.2 Å². The monoisotopic (exact) mass is 486 g/mol. The van der Waals surface area contributed by atoms with Crippen molar-refractivity contribution in [3.05, 3.63) is 98.6 Å². The molecule has 0 fully saturated rings. The van der Waals surface area contributed by atoms with Crippen LogP contribution in [0.1, 0.15) is 24.5 Å². The Hall–Kier alpha value is -2.45. The highest BCUT2D eigenvalue weighted by molar-refractivity contribution is 7.89. The van der Waals surface area contributed by atoms with Gasteiger partial charge in [-0.2, -0.15) is 0 Å². The van der Waals surface area contributed by atoms with Gasteiger partial charge < -0.3 is 0 Å². The summed E-state index contributed by atoms with van der Waals surface area (Å²) in [4.78, 5) is 12.6. The van der Waals surface area contributed by atoms with Crippen LogP contribution in [0, 0.1) is 0 Å². The van der Waals surface area contributed by atoms with Crippen LogP contribution >= 0.6 is 22.9 Å². The van der Waals surface area contributed by atoms with Gasteiger partial charge in [-0.05, 0) is 61.2 Å². The number of nitrogens with one attached hydrogen (secondary N) is 1. The zero-order valence-corrected chi connectivity index (χ0v) is 19.9. The van der Waals surface area contributed by atoms with Gasteiger partial charge in [0.25, 0.3) is 0 Å². The number of aromatic nitrogens is 1. The Morgan fingerprint density at radius 2 is 1.72 bits per heavy atom. The maximum Gasteiger partial charge on any atom is 0.308 e. The summed E-state index contributed by atoms with van der Waals surface area (Å²) in [6.45, 7) is 2.26. The number of thiazole rings is 1. The van der Waals surface area contributed by atoms with Crippen molar-refractivity contribution < 1.29 is 8.42 Å². The fourth-order valence-electron chi connectivity index (χ4n) is 3.56. The Morgan fingerprint density at radius 1 is 1.00 bits per heavy atom. The first-order valence-electron chi connectivity index (χ1n) is 10.3. The predicted octanol–water partition coefficient (Wildman–Crippen LogP) is 5.06. The number of aryl methyl sites for hydroxylation is 1. The standard InChI is InChI=1S/C24H23ClN2O3S2/c1-17(7-8-18-5-3-2-4-6-18)26-32(29,30)21-13-14-22-23(15-21)31-24(28)27(22)16-19-9-11-20(25)12-10-19/h2-6,9-15,17,26H,7-8,16H2,1H3/t17-/m1/s1. The van der Waals surface area contributed by atoms with Crippen LogP contribution in [0.15, 0.2) is 82.5 Å². The molecule has 0 aliphatic heterocycles. The van der Waals surface area contributed by atoms with Crippen molar-refractivity contribution in [2.75, 3.05) is 0 Å².